The summed E-state index contributed by atoms with van der Waals surface area (Å²) in [6.45, 7) is 3.86. The van der Waals surface area contributed by atoms with Crippen LogP contribution in [0.3, 0.4) is 0 Å². The zero-order valence-electron chi connectivity index (χ0n) is 16.8. The minimum absolute atomic E-state index is 0.0232. The molecule has 1 aromatic heterocycles. The summed E-state index contributed by atoms with van der Waals surface area (Å²) < 4.78 is 20.4. The van der Waals surface area contributed by atoms with Crippen molar-refractivity contribution in [3.05, 3.63) is 109 Å². The highest BCUT2D eigenvalue weighted by Gasteiger charge is 2.43. The van der Waals surface area contributed by atoms with Gasteiger partial charge in [-0.15, -0.1) is 0 Å². The molecule has 4 nitrogen and oxygen atoms in total. The molecule has 0 N–H and O–H groups in total. The number of carbonyl (C=O) groups excluding carboxylic acids is 1. The van der Waals surface area contributed by atoms with Gasteiger partial charge in [-0.1, -0.05) is 34.1 Å². The van der Waals surface area contributed by atoms with Gasteiger partial charge >= 0.3 is 0 Å². The fraction of sp³-hybridized carbons (Fsp3) is 0.120. The average molecular weight is 478 g/mol. The van der Waals surface area contributed by atoms with Gasteiger partial charge in [-0.3, -0.25) is 14.5 Å². The van der Waals surface area contributed by atoms with Crippen molar-refractivity contribution in [3.63, 3.8) is 0 Å². The van der Waals surface area contributed by atoms with Crippen LogP contribution in [0.1, 0.15) is 38.9 Å². The van der Waals surface area contributed by atoms with Crippen LogP contribution in [-0.2, 0) is 0 Å². The summed E-state index contributed by atoms with van der Waals surface area (Å²) in [6, 6.07) is 16.0. The number of anilines is 1. The number of carbonyl (C=O) groups is 1. The molecule has 6 heteroatoms. The topological polar surface area (TPSA) is 50.5 Å². The Labute approximate surface area is 186 Å². The summed E-state index contributed by atoms with van der Waals surface area (Å²) in [5.74, 6) is -0.770. The summed E-state index contributed by atoms with van der Waals surface area (Å²) in [6.07, 6.45) is 0. The van der Waals surface area contributed by atoms with Crippen LogP contribution in [-0.4, -0.2) is 5.91 Å². The van der Waals surface area contributed by atoms with Crippen molar-refractivity contribution in [3.8, 4) is 0 Å². The molecule has 0 saturated heterocycles. The van der Waals surface area contributed by atoms with Gasteiger partial charge < -0.3 is 4.42 Å². The summed E-state index contributed by atoms with van der Waals surface area (Å²) in [4.78, 5) is 28.6. The second kappa shape index (κ2) is 7.17. The summed E-state index contributed by atoms with van der Waals surface area (Å²) in [7, 11) is 0. The molecule has 1 atom stereocenters. The Bertz CT molecular complexity index is 1430. The normalized spacial score (nSPS) is 15.5. The van der Waals surface area contributed by atoms with Gasteiger partial charge in [0.1, 0.15) is 11.4 Å². The summed E-state index contributed by atoms with van der Waals surface area (Å²) in [5, 5.41) is 0.429. The maximum Gasteiger partial charge on any atom is 0.295 e. The molecule has 31 heavy (non-hydrogen) atoms. The van der Waals surface area contributed by atoms with E-state index in [2.05, 4.69) is 15.9 Å². The molecule has 0 bridgehead atoms. The molecule has 0 spiro atoms. The number of rotatable bonds is 2. The van der Waals surface area contributed by atoms with Crippen LogP contribution < -0.4 is 10.3 Å². The smallest absolute Gasteiger partial charge is 0.295 e. The third-order valence-corrected chi connectivity index (χ3v) is 6.25. The fourth-order valence-electron chi connectivity index (χ4n) is 4.08. The third kappa shape index (κ3) is 3.10. The van der Waals surface area contributed by atoms with Crippen molar-refractivity contribution in [1.82, 2.24) is 0 Å². The molecular weight excluding hydrogens is 461 g/mol. The Morgan fingerprint density at radius 3 is 2.39 bits per heavy atom. The lowest BCUT2D eigenvalue weighted by Crippen LogP contribution is -2.29. The lowest BCUT2D eigenvalue weighted by atomic mass is 9.97. The maximum atomic E-state index is 13.6. The standard InChI is InChI=1S/C25H17BrFNO3/c1-13-10-19-20(11-14(13)2)31-24-21(23(19)29)22(15-6-8-17(27)9-7-15)28(25(24)30)18-5-3-4-16(26)12-18/h3-12,22H,1-2H3. The molecule has 1 aliphatic rings. The Kier molecular flexibility index (Phi) is 4.55. The van der Waals surface area contributed by atoms with Gasteiger partial charge in [0.15, 0.2) is 5.43 Å². The van der Waals surface area contributed by atoms with Crippen molar-refractivity contribution in [2.75, 3.05) is 4.90 Å². The fourth-order valence-corrected chi connectivity index (χ4v) is 4.47. The van der Waals surface area contributed by atoms with E-state index in [4.69, 9.17) is 4.42 Å². The predicted molar refractivity (Wildman–Crippen MR) is 121 cm³/mol. The first kappa shape index (κ1) is 19.7. The van der Waals surface area contributed by atoms with Crippen molar-refractivity contribution in [2.24, 2.45) is 0 Å². The molecule has 2 heterocycles. The second-order valence-corrected chi connectivity index (χ2v) is 8.63. The van der Waals surface area contributed by atoms with Crippen LogP contribution in [0, 0.1) is 19.7 Å². The van der Waals surface area contributed by atoms with Crippen LogP contribution in [0.2, 0.25) is 0 Å². The number of fused-ring (bicyclic) bond motifs is 2. The largest absolute Gasteiger partial charge is 0.450 e. The van der Waals surface area contributed by atoms with E-state index < -0.39 is 11.9 Å². The van der Waals surface area contributed by atoms with E-state index in [9.17, 15) is 14.0 Å². The first-order valence-electron chi connectivity index (χ1n) is 9.77. The SMILES string of the molecule is Cc1cc2oc3c(c(=O)c2cc1C)C(c1ccc(F)cc1)N(c1cccc(Br)c1)C3=O. The number of benzene rings is 3. The molecule has 0 aliphatic carbocycles. The minimum atomic E-state index is -0.723. The quantitative estimate of drug-likeness (QED) is 0.352. The Balaban J connectivity index is 1.83. The molecule has 1 amide bonds. The molecule has 3 aromatic carbocycles. The molecule has 154 valence electrons. The molecule has 0 radical (unpaired) electrons. The van der Waals surface area contributed by atoms with Crippen LogP contribution >= 0.6 is 15.9 Å². The maximum absolute atomic E-state index is 13.6. The first-order chi connectivity index (χ1) is 14.8. The van der Waals surface area contributed by atoms with Crippen LogP contribution in [0.4, 0.5) is 10.1 Å². The third-order valence-electron chi connectivity index (χ3n) is 5.76. The molecule has 1 aliphatic heterocycles. The van der Waals surface area contributed by atoms with E-state index in [0.29, 0.717) is 22.2 Å². The molecule has 5 rings (SSSR count). The lowest BCUT2D eigenvalue weighted by molar-refractivity contribution is 0.0971. The van der Waals surface area contributed by atoms with Gasteiger partial charge in [-0.25, -0.2) is 4.39 Å². The summed E-state index contributed by atoms with van der Waals surface area (Å²) >= 11 is 3.44. The van der Waals surface area contributed by atoms with Crippen LogP contribution in [0.5, 0.6) is 0 Å². The highest BCUT2D eigenvalue weighted by Crippen LogP contribution is 2.41. The Morgan fingerprint density at radius 2 is 1.68 bits per heavy atom. The molecular formula is C25H17BrFNO3. The summed E-state index contributed by atoms with van der Waals surface area (Å²) in [5.41, 5.74) is 3.58. The number of nitrogens with zero attached hydrogens (tertiary/aromatic N) is 1. The Morgan fingerprint density at radius 1 is 0.968 bits per heavy atom. The highest BCUT2D eigenvalue weighted by molar-refractivity contribution is 9.10. The number of amides is 1. The van der Waals surface area contributed by atoms with Gasteiger partial charge in [0, 0.05) is 10.2 Å². The van der Waals surface area contributed by atoms with E-state index >= 15 is 0 Å². The number of hydrogen-bond acceptors (Lipinski definition) is 3. The second-order valence-electron chi connectivity index (χ2n) is 7.72. The van der Waals surface area contributed by atoms with E-state index in [-0.39, 0.29) is 22.6 Å². The van der Waals surface area contributed by atoms with Gasteiger partial charge in [0.2, 0.25) is 5.76 Å². The van der Waals surface area contributed by atoms with Gasteiger partial charge in [0.25, 0.3) is 5.91 Å². The molecule has 0 saturated carbocycles. The van der Waals surface area contributed by atoms with Crippen molar-refractivity contribution < 1.29 is 13.6 Å². The average Bonchev–Trinajstić information content (AvgIpc) is 3.03. The zero-order chi connectivity index (χ0) is 21.9. The van der Waals surface area contributed by atoms with Crippen LogP contribution in [0.15, 0.2) is 74.3 Å². The minimum Gasteiger partial charge on any atom is -0.450 e. The Hall–Kier alpha value is -3.25. The highest BCUT2D eigenvalue weighted by atomic mass is 79.9. The number of aryl methyl sites for hydroxylation is 2. The van der Waals surface area contributed by atoms with Crippen molar-refractivity contribution in [1.29, 1.82) is 0 Å². The zero-order valence-corrected chi connectivity index (χ0v) is 18.4. The van der Waals surface area contributed by atoms with E-state index in [1.54, 1.807) is 36.4 Å². The number of hydrogen-bond donors (Lipinski definition) is 0. The van der Waals surface area contributed by atoms with Gasteiger partial charge in [-0.05, 0) is 73.0 Å². The van der Waals surface area contributed by atoms with E-state index in [0.717, 1.165) is 15.6 Å². The first-order valence-corrected chi connectivity index (χ1v) is 10.6. The molecule has 0 fully saturated rings. The van der Waals surface area contributed by atoms with E-state index in [1.165, 1.54) is 17.0 Å². The molecule has 4 aromatic rings. The number of halogens is 2. The van der Waals surface area contributed by atoms with E-state index in [1.807, 2.05) is 26.0 Å². The molecule has 1 unspecified atom stereocenters. The van der Waals surface area contributed by atoms with Gasteiger partial charge in [0.05, 0.1) is 17.0 Å². The van der Waals surface area contributed by atoms with Crippen LogP contribution in [0.25, 0.3) is 11.0 Å². The van der Waals surface area contributed by atoms with Crippen molar-refractivity contribution >= 4 is 38.5 Å². The van der Waals surface area contributed by atoms with Crippen molar-refractivity contribution in [2.45, 2.75) is 19.9 Å². The lowest BCUT2D eigenvalue weighted by Gasteiger charge is -2.25. The van der Waals surface area contributed by atoms with Gasteiger partial charge in [-0.2, -0.15) is 0 Å². The predicted octanol–water partition coefficient (Wildman–Crippen LogP) is 6.06. The monoisotopic (exact) mass is 477 g/mol.